The molecule has 3 amide bonds. The number of carboxylic acid groups (broad SMARTS) is 2. The van der Waals surface area contributed by atoms with Crippen LogP contribution in [-0.2, 0) is 30.4 Å². The molecule has 3 atom stereocenters. The summed E-state index contributed by atoms with van der Waals surface area (Å²) in [4.78, 5) is 62.2. The van der Waals surface area contributed by atoms with Crippen molar-refractivity contribution in [2.24, 2.45) is 5.73 Å². The lowest BCUT2D eigenvalue weighted by Crippen LogP contribution is -2.55. The van der Waals surface area contributed by atoms with Gasteiger partial charge in [0.15, 0.2) is 0 Å². The molecule has 0 radical (unpaired) electrons. The van der Waals surface area contributed by atoms with Crippen molar-refractivity contribution < 1.29 is 34.2 Å². The van der Waals surface area contributed by atoms with Crippen LogP contribution in [0.15, 0.2) is 30.5 Å². The van der Waals surface area contributed by atoms with Crippen LogP contribution in [0.25, 0.3) is 10.9 Å². The largest absolute Gasteiger partial charge is 0.481 e. The predicted molar refractivity (Wildman–Crippen MR) is 117 cm³/mol. The summed E-state index contributed by atoms with van der Waals surface area (Å²) in [7, 11) is 0. The maximum absolute atomic E-state index is 12.9. The number of aromatic nitrogens is 1. The third kappa shape index (κ3) is 7.31. The fourth-order valence-electron chi connectivity index (χ4n) is 3.18. The van der Waals surface area contributed by atoms with E-state index in [1.54, 1.807) is 6.20 Å². The summed E-state index contributed by atoms with van der Waals surface area (Å²) >= 11 is 0. The second-order valence-corrected chi connectivity index (χ2v) is 7.45. The average molecular weight is 461 g/mol. The molecule has 0 aliphatic rings. The summed E-state index contributed by atoms with van der Waals surface area (Å²) in [6.45, 7) is 1.01. The number of amides is 3. The second-order valence-electron chi connectivity index (χ2n) is 7.45. The normalized spacial score (nSPS) is 13.5. The van der Waals surface area contributed by atoms with Crippen molar-refractivity contribution in [2.75, 3.05) is 6.54 Å². The molecule has 0 saturated carbocycles. The first-order chi connectivity index (χ1) is 15.6. The SMILES string of the molecule is CC(NC(=O)C(Cc1c[nH]c2ccccc12)NC(=O)CN)C(=O)NC(CCC(=O)O)C(=O)O. The van der Waals surface area contributed by atoms with Crippen LogP contribution in [0.3, 0.4) is 0 Å². The topological polar surface area (TPSA) is 204 Å². The third-order valence-corrected chi connectivity index (χ3v) is 4.95. The van der Waals surface area contributed by atoms with E-state index in [1.165, 1.54) is 6.92 Å². The summed E-state index contributed by atoms with van der Waals surface area (Å²) in [5, 5.41) is 26.0. The van der Waals surface area contributed by atoms with Crippen molar-refractivity contribution in [2.45, 2.75) is 44.3 Å². The maximum atomic E-state index is 12.9. The number of aliphatic carboxylic acids is 2. The van der Waals surface area contributed by atoms with E-state index in [1.807, 2.05) is 24.3 Å². The molecule has 1 heterocycles. The van der Waals surface area contributed by atoms with Crippen LogP contribution in [0, 0.1) is 0 Å². The minimum atomic E-state index is -1.42. The van der Waals surface area contributed by atoms with Crippen molar-refractivity contribution in [3.05, 3.63) is 36.0 Å². The lowest BCUT2D eigenvalue weighted by Gasteiger charge is -2.22. The van der Waals surface area contributed by atoms with Gasteiger partial charge >= 0.3 is 11.9 Å². The fourth-order valence-corrected chi connectivity index (χ4v) is 3.18. The highest BCUT2D eigenvalue weighted by molar-refractivity contribution is 5.94. The molecule has 178 valence electrons. The number of carbonyl (C=O) groups is 5. The number of nitrogens with one attached hydrogen (secondary N) is 4. The van der Waals surface area contributed by atoms with Gasteiger partial charge in [-0.2, -0.15) is 0 Å². The summed E-state index contributed by atoms with van der Waals surface area (Å²) in [6.07, 6.45) is 1.07. The van der Waals surface area contributed by atoms with Crippen molar-refractivity contribution in [1.82, 2.24) is 20.9 Å². The van der Waals surface area contributed by atoms with Gasteiger partial charge in [0.25, 0.3) is 0 Å². The van der Waals surface area contributed by atoms with Gasteiger partial charge in [-0.25, -0.2) is 4.79 Å². The summed E-state index contributed by atoms with van der Waals surface area (Å²) in [6, 6.07) is 3.80. The van der Waals surface area contributed by atoms with E-state index >= 15 is 0 Å². The minimum Gasteiger partial charge on any atom is -0.481 e. The molecule has 0 spiro atoms. The molecule has 2 rings (SSSR count). The predicted octanol–water partition coefficient (Wildman–Crippen LogP) is -0.907. The van der Waals surface area contributed by atoms with Crippen LogP contribution in [-0.4, -0.2) is 69.5 Å². The Morgan fingerprint density at radius 1 is 1.00 bits per heavy atom. The van der Waals surface area contributed by atoms with Crippen molar-refractivity contribution in [3.63, 3.8) is 0 Å². The van der Waals surface area contributed by atoms with Crippen LogP contribution in [0.5, 0.6) is 0 Å². The number of H-pyrrole nitrogens is 1. The highest BCUT2D eigenvalue weighted by Crippen LogP contribution is 2.19. The molecular weight excluding hydrogens is 434 g/mol. The number of carbonyl (C=O) groups excluding carboxylic acids is 3. The molecule has 1 aromatic heterocycles. The monoisotopic (exact) mass is 461 g/mol. The second kappa shape index (κ2) is 11.6. The molecule has 2 aromatic rings. The van der Waals surface area contributed by atoms with Crippen molar-refractivity contribution in [3.8, 4) is 0 Å². The van der Waals surface area contributed by atoms with Gasteiger partial charge in [0.2, 0.25) is 17.7 Å². The van der Waals surface area contributed by atoms with Crippen LogP contribution in [0.4, 0.5) is 0 Å². The molecule has 33 heavy (non-hydrogen) atoms. The number of aromatic amines is 1. The Morgan fingerprint density at radius 2 is 1.70 bits per heavy atom. The first-order valence-corrected chi connectivity index (χ1v) is 10.2. The van der Waals surface area contributed by atoms with Gasteiger partial charge in [0.05, 0.1) is 6.54 Å². The van der Waals surface area contributed by atoms with E-state index in [0.29, 0.717) is 0 Å². The molecule has 0 aliphatic carbocycles. The lowest BCUT2D eigenvalue weighted by molar-refractivity contribution is -0.143. The molecule has 0 saturated heterocycles. The Kier molecular flexibility index (Phi) is 8.92. The van der Waals surface area contributed by atoms with Crippen LogP contribution < -0.4 is 21.7 Å². The van der Waals surface area contributed by atoms with Gasteiger partial charge in [-0.15, -0.1) is 0 Å². The van der Waals surface area contributed by atoms with E-state index in [4.69, 9.17) is 10.8 Å². The third-order valence-electron chi connectivity index (χ3n) is 4.95. The number of para-hydroxylation sites is 1. The minimum absolute atomic E-state index is 0.117. The number of fused-ring (bicyclic) bond motifs is 1. The molecule has 8 N–H and O–H groups in total. The molecule has 0 aliphatic heterocycles. The standard InChI is InChI=1S/C21H27N5O7/c1-11(19(30)26-15(21(32)33)6-7-18(28)29)24-20(31)16(25-17(27)9-22)8-12-10-23-14-5-3-2-4-13(12)14/h2-5,10-11,15-16,23H,6-9,22H2,1H3,(H,24,31)(H,25,27)(H,26,30)(H,28,29)(H,32,33). The Morgan fingerprint density at radius 3 is 2.33 bits per heavy atom. The smallest absolute Gasteiger partial charge is 0.326 e. The van der Waals surface area contributed by atoms with Crippen molar-refractivity contribution >= 4 is 40.6 Å². The summed E-state index contributed by atoms with van der Waals surface area (Å²) < 4.78 is 0. The van der Waals surface area contributed by atoms with Gasteiger partial charge in [-0.1, -0.05) is 18.2 Å². The Hall–Kier alpha value is -3.93. The first-order valence-electron chi connectivity index (χ1n) is 10.2. The Bertz CT molecular complexity index is 1030. The zero-order valence-electron chi connectivity index (χ0n) is 18.0. The summed E-state index contributed by atoms with van der Waals surface area (Å²) in [5.74, 6) is -4.63. The average Bonchev–Trinajstić information content (AvgIpc) is 3.18. The molecule has 0 bridgehead atoms. The number of hydrogen-bond acceptors (Lipinski definition) is 6. The fraction of sp³-hybridized carbons (Fsp3) is 0.381. The molecular formula is C21H27N5O7. The lowest BCUT2D eigenvalue weighted by atomic mass is 10.0. The Balaban J connectivity index is 2.09. The van der Waals surface area contributed by atoms with Gasteiger partial charge in [-0.05, 0) is 25.0 Å². The van der Waals surface area contributed by atoms with Gasteiger partial charge in [0.1, 0.15) is 18.1 Å². The van der Waals surface area contributed by atoms with Crippen LogP contribution in [0.1, 0.15) is 25.3 Å². The highest BCUT2D eigenvalue weighted by Gasteiger charge is 2.28. The van der Waals surface area contributed by atoms with E-state index in [-0.39, 0.29) is 19.4 Å². The van der Waals surface area contributed by atoms with E-state index < -0.39 is 54.2 Å². The molecule has 0 fully saturated rings. The maximum Gasteiger partial charge on any atom is 0.326 e. The number of rotatable bonds is 12. The molecule has 1 aromatic carbocycles. The number of hydrogen-bond donors (Lipinski definition) is 7. The van der Waals surface area contributed by atoms with E-state index in [0.717, 1.165) is 16.5 Å². The zero-order valence-corrected chi connectivity index (χ0v) is 18.0. The molecule has 3 unspecified atom stereocenters. The molecule has 12 nitrogen and oxygen atoms in total. The quantitative estimate of drug-likeness (QED) is 0.210. The van der Waals surface area contributed by atoms with E-state index in [9.17, 15) is 29.1 Å². The number of carboxylic acids is 2. The highest BCUT2D eigenvalue weighted by atomic mass is 16.4. The zero-order chi connectivity index (χ0) is 24.5. The van der Waals surface area contributed by atoms with Gasteiger partial charge in [-0.3, -0.25) is 19.2 Å². The number of nitrogens with two attached hydrogens (primary N) is 1. The van der Waals surface area contributed by atoms with Gasteiger partial charge in [0, 0.05) is 29.9 Å². The van der Waals surface area contributed by atoms with E-state index in [2.05, 4.69) is 20.9 Å². The Labute approximate surface area is 188 Å². The summed E-state index contributed by atoms with van der Waals surface area (Å²) in [5.41, 5.74) is 6.97. The van der Waals surface area contributed by atoms with Crippen molar-refractivity contribution in [1.29, 1.82) is 0 Å². The van der Waals surface area contributed by atoms with Crippen LogP contribution in [0.2, 0.25) is 0 Å². The number of benzene rings is 1. The molecule has 12 heteroatoms. The van der Waals surface area contributed by atoms with Crippen LogP contribution >= 0.6 is 0 Å². The van der Waals surface area contributed by atoms with Gasteiger partial charge < -0.3 is 36.9 Å². The first kappa shape index (κ1) is 25.3.